The molecular weight excluding hydrogens is 244 g/mol. The van der Waals surface area contributed by atoms with Crippen LogP contribution in [0.5, 0.6) is 0 Å². The van der Waals surface area contributed by atoms with E-state index in [0.717, 1.165) is 12.8 Å². The Bertz CT molecular complexity index is 501. The van der Waals surface area contributed by atoms with Crippen LogP contribution in [-0.2, 0) is 0 Å². The van der Waals surface area contributed by atoms with Gasteiger partial charge in [0.2, 0.25) is 0 Å². The zero-order valence-electron chi connectivity index (χ0n) is 11.2. The third kappa shape index (κ3) is 2.75. The maximum atomic E-state index is 12.4. The van der Waals surface area contributed by atoms with Crippen molar-refractivity contribution < 1.29 is 14.7 Å². The van der Waals surface area contributed by atoms with Gasteiger partial charge in [0.05, 0.1) is 5.56 Å². The summed E-state index contributed by atoms with van der Waals surface area (Å²) in [6.07, 6.45) is 3.47. The number of pyridine rings is 1. The largest absolute Gasteiger partial charge is 0.478 e. The molecule has 1 aliphatic heterocycles. The molecule has 1 saturated heterocycles. The van der Waals surface area contributed by atoms with Gasteiger partial charge in [0.15, 0.2) is 0 Å². The average Bonchev–Trinajstić information content (AvgIpc) is 2.41. The van der Waals surface area contributed by atoms with Gasteiger partial charge in [-0.25, -0.2) is 4.79 Å². The van der Waals surface area contributed by atoms with Crippen LogP contribution in [0.1, 0.15) is 47.5 Å². The molecule has 0 spiro atoms. The van der Waals surface area contributed by atoms with Crippen LogP contribution in [-0.4, -0.2) is 39.5 Å². The van der Waals surface area contributed by atoms with Crippen molar-refractivity contribution in [2.24, 2.45) is 5.92 Å². The summed E-state index contributed by atoms with van der Waals surface area (Å²) < 4.78 is 0. The molecular formula is C14H18N2O3. The van der Waals surface area contributed by atoms with Crippen molar-refractivity contribution in [3.63, 3.8) is 0 Å². The molecule has 1 fully saturated rings. The van der Waals surface area contributed by atoms with Crippen LogP contribution < -0.4 is 0 Å². The van der Waals surface area contributed by atoms with Crippen LogP contribution in [0.2, 0.25) is 0 Å². The van der Waals surface area contributed by atoms with Crippen LogP contribution in [0.15, 0.2) is 18.3 Å². The Morgan fingerprint density at radius 3 is 2.84 bits per heavy atom. The SMILES string of the molecule is CC1CCCN(C(=O)c2cc(C(=O)O)ccn2)C1C. The highest BCUT2D eigenvalue weighted by Gasteiger charge is 2.29. The van der Waals surface area contributed by atoms with Crippen molar-refractivity contribution in [1.29, 1.82) is 0 Å². The zero-order valence-corrected chi connectivity index (χ0v) is 11.2. The minimum absolute atomic E-state index is 0.0936. The molecule has 1 N–H and O–H groups in total. The van der Waals surface area contributed by atoms with E-state index in [1.54, 1.807) is 4.90 Å². The molecule has 2 rings (SSSR count). The summed E-state index contributed by atoms with van der Waals surface area (Å²) >= 11 is 0. The van der Waals surface area contributed by atoms with E-state index in [-0.39, 0.29) is 23.2 Å². The van der Waals surface area contributed by atoms with Gasteiger partial charge in [-0.05, 0) is 37.8 Å². The van der Waals surface area contributed by atoms with E-state index in [2.05, 4.69) is 11.9 Å². The monoisotopic (exact) mass is 262 g/mol. The van der Waals surface area contributed by atoms with Crippen LogP contribution >= 0.6 is 0 Å². The molecule has 5 nitrogen and oxygen atoms in total. The highest BCUT2D eigenvalue weighted by molar-refractivity contribution is 5.96. The number of carbonyl (C=O) groups is 2. The Balaban J connectivity index is 2.23. The lowest BCUT2D eigenvalue weighted by molar-refractivity contribution is 0.0545. The molecule has 1 amide bonds. The highest BCUT2D eigenvalue weighted by atomic mass is 16.4. The van der Waals surface area contributed by atoms with Gasteiger partial charge in [0, 0.05) is 18.8 Å². The number of likely N-dealkylation sites (tertiary alicyclic amines) is 1. The molecule has 0 bridgehead atoms. The fourth-order valence-electron chi connectivity index (χ4n) is 2.45. The summed E-state index contributed by atoms with van der Waals surface area (Å²) in [6, 6.07) is 2.90. The first-order chi connectivity index (χ1) is 9.00. The number of hydrogen-bond donors (Lipinski definition) is 1. The lowest BCUT2D eigenvalue weighted by Gasteiger charge is -2.37. The smallest absolute Gasteiger partial charge is 0.335 e. The average molecular weight is 262 g/mol. The number of amides is 1. The summed E-state index contributed by atoms with van der Waals surface area (Å²) in [5, 5.41) is 8.94. The van der Waals surface area contributed by atoms with E-state index in [1.807, 2.05) is 6.92 Å². The molecule has 1 aliphatic rings. The first-order valence-corrected chi connectivity index (χ1v) is 6.51. The zero-order chi connectivity index (χ0) is 14.0. The fourth-order valence-corrected chi connectivity index (χ4v) is 2.45. The Labute approximate surface area is 112 Å². The van der Waals surface area contributed by atoms with E-state index in [4.69, 9.17) is 5.11 Å². The second-order valence-electron chi connectivity index (χ2n) is 5.09. The number of hydrogen-bond acceptors (Lipinski definition) is 3. The summed E-state index contributed by atoms with van der Waals surface area (Å²) in [4.78, 5) is 29.1. The predicted octanol–water partition coefficient (Wildman–Crippen LogP) is 2.04. The number of aromatic nitrogens is 1. The van der Waals surface area contributed by atoms with Crippen LogP contribution in [0.25, 0.3) is 0 Å². The molecule has 102 valence electrons. The van der Waals surface area contributed by atoms with Gasteiger partial charge >= 0.3 is 5.97 Å². The van der Waals surface area contributed by atoms with E-state index in [1.165, 1.54) is 18.3 Å². The number of carboxylic acids is 1. The van der Waals surface area contributed by atoms with Gasteiger partial charge in [-0.3, -0.25) is 9.78 Å². The second-order valence-corrected chi connectivity index (χ2v) is 5.09. The van der Waals surface area contributed by atoms with E-state index >= 15 is 0 Å². The fraction of sp³-hybridized carbons (Fsp3) is 0.500. The number of aromatic carboxylic acids is 1. The lowest BCUT2D eigenvalue weighted by atomic mass is 9.92. The molecule has 2 unspecified atom stereocenters. The van der Waals surface area contributed by atoms with Crippen LogP contribution in [0.3, 0.4) is 0 Å². The van der Waals surface area contributed by atoms with Gasteiger partial charge in [0.25, 0.3) is 5.91 Å². The molecule has 0 saturated carbocycles. The Morgan fingerprint density at radius 1 is 1.42 bits per heavy atom. The molecule has 0 aliphatic carbocycles. The molecule has 1 aromatic rings. The van der Waals surface area contributed by atoms with E-state index in [9.17, 15) is 9.59 Å². The van der Waals surface area contributed by atoms with E-state index < -0.39 is 5.97 Å². The molecule has 0 radical (unpaired) electrons. The summed E-state index contributed by atoms with van der Waals surface area (Å²) in [7, 11) is 0. The first kappa shape index (κ1) is 13.5. The van der Waals surface area contributed by atoms with Crippen molar-refractivity contribution in [3.8, 4) is 0 Å². The van der Waals surface area contributed by atoms with Crippen molar-refractivity contribution in [2.75, 3.05) is 6.54 Å². The third-order valence-electron chi connectivity index (χ3n) is 3.86. The molecule has 5 heteroatoms. The topological polar surface area (TPSA) is 70.5 Å². The van der Waals surface area contributed by atoms with E-state index in [0.29, 0.717) is 12.5 Å². The number of nitrogens with zero attached hydrogens (tertiary/aromatic N) is 2. The summed E-state index contributed by atoms with van der Waals surface area (Å²) in [5.41, 5.74) is 0.303. The summed E-state index contributed by atoms with van der Waals surface area (Å²) in [6.45, 7) is 4.87. The molecule has 1 aromatic heterocycles. The second kappa shape index (κ2) is 5.38. The minimum Gasteiger partial charge on any atom is -0.478 e. The standard InChI is InChI=1S/C14H18N2O3/c1-9-4-3-7-16(10(9)2)13(17)12-8-11(14(18)19)5-6-15-12/h5-6,8-10H,3-4,7H2,1-2H3,(H,18,19). The number of carboxylic acid groups (broad SMARTS) is 1. The molecule has 0 aromatic carbocycles. The lowest BCUT2D eigenvalue weighted by Crippen LogP contribution is -2.46. The Morgan fingerprint density at radius 2 is 2.16 bits per heavy atom. The van der Waals surface area contributed by atoms with Gasteiger partial charge in [-0.1, -0.05) is 6.92 Å². The van der Waals surface area contributed by atoms with Gasteiger partial charge in [-0.2, -0.15) is 0 Å². The first-order valence-electron chi connectivity index (χ1n) is 6.51. The predicted molar refractivity (Wildman–Crippen MR) is 70.1 cm³/mol. The number of rotatable bonds is 2. The van der Waals surface area contributed by atoms with Crippen molar-refractivity contribution in [3.05, 3.63) is 29.6 Å². The Hall–Kier alpha value is -1.91. The number of carbonyl (C=O) groups excluding carboxylic acids is 1. The van der Waals surface area contributed by atoms with Gasteiger partial charge in [-0.15, -0.1) is 0 Å². The molecule has 2 atom stereocenters. The van der Waals surface area contributed by atoms with Gasteiger partial charge in [0.1, 0.15) is 5.69 Å². The number of piperidine rings is 1. The maximum Gasteiger partial charge on any atom is 0.335 e. The highest BCUT2D eigenvalue weighted by Crippen LogP contribution is 2.24. The summed E-state index contributed by atoms with van der Waals surface area (Å²) in [5.74, 6) is -0.765. The normalized spacial score (nSPS) is 23.2. The third-order valence-corrected chi connectivity index (χ3v) is 3.86. The van der Waals surface area contributed by atoms with Crippen molar-refractivity contribution in [1.82, 2.24) is 9.88 Å². The molecule has 2 heterocycles. The maximum absolute atomic E-state index is 12.4. The quantitative estimate of drug-likeness (QED) is 0.885. The van der Waals surface area contributed by atoms with Crippen LogP contribution in [0.4, 0.5) is 0 Å². The Kier molecular flexibility index (Phi) is 3.83. The van der Waals surface area contributed by atoms with Crippen LogP contribution in [0, 0.1) is 5.92 Å². The minimum atomic E-state index is -1.04. The van der Waals surface area contributed by atoms with Gasteiger partial charge < -0.3 is 10.0 Å². The van der Waals surface area contributed by atoms with Crippen molar-refractivity contribution in [2.45, 2.75) is 32.7 Å². The van der Waals surface area contributed by atoms with Crippen molar-refractivity contribution >= 4 is 11.9 Å². The molecule has 19 heavy (non-hydrogen) atoms.